The Bertz CT molecular complexity index is 506. The molecule has 0 bridgehead atoms. The molecule has 1 atom stereocenters. The van der Waals surface area contributed by atoms with Gasteiger partial charge in [0, 0.05) is 25.8 Å². The molecule has 0 saturated carbocycles. The first-order valence-electron chi connectivity index (χ1n) is 7.60. The Kier molecular flexibility index (Phi) is 5.50. The van der Waals surface area contributed by atoms with E-state index in [9.17, 15) is 9.59 Å². The summed E-state index contributed by atoms with van der Waals surface area (Å²) in [6, 6.07) is 0. The van der Waals surface area contributed by atoms with Crippen molar-refractivity contribution in [2.45, 2.75) is 26.7 Å². The Hall–Kier alpha value is -1.69. The third-order valence-electron chi connectivity index (χ3n) is 3.68. The van der Waals surface area contributed by atoms with Crippen LogP contribution in [0.25, 0.3) is 0 Å². The minimum absolute atomic E-state index is 0.229. The maximum atomic E-state index is 11.9. The number of hydrogen-bond acceptors (Lipinski definition) is 4. The summed E-state index contributed by atoms with van der Waals surface area (Å²) in [6.45, 7) is 8.43. The molecule has 1 aromatic rings. The SMILES string of the molecule is CC(C)CN1CCCC(CNC(=O)c2c[nH]c(=O)cn2)C1. The third-order valence-corrected chi connectivity index (χ3v) is 3.68. The lowest BCUT2D eigenvalue weighted by Crippen LogP contribution is -2.42. The Morgan fingerprint density at radius 3 is 3.05 bits per heavy atom. The van der Waals surface area contributed by atoms with Gasteiger partial charge in [-0.05, 0) is 31.2 Å². The van der Waals surface area contributed by atoms with E-state index < -0.39 is 0 Å². The molecule has 1 aliphatic heterocycles. The van der Waals surface area contributed by atoms with Crippen molar-refractivity contribution < 1.29 is 4.79 Å². The van der Waals surface area contributed by atoms with Crippen molar-refractivity contribution in [2.75, 3.05) is 26.2 Å². The lowest BCUT2D eigenvalue weighted by molar-refractivity contribution is 0.0923. The van der Waals surface area contributed by atoms with Crippen molar-refractivity contribution in [3.63, 3.8) is 0 Å². The molecule has 2 rings (SSSR count). The molecule has 1 amide bonds. The highest BCUT2D eigenvalue weighted by molar-refractivity contribution is 5.91. The average molecular weight is 292 g/mol. The molecule has 0 spiro atoms. The highest BCUT2D eigenvalue weighted by atomic mass is 16.2. The fourth-order valence-electron chi connectivity index (χ4n) is 2.79. The van der Waals surface area contributed by atoms with Gasteiger partial charge in [-0.1, -0.05) is 13.8 Å². The number of piperidine rings is 1. The first kappa shape index (κ1) is 15.7. The van der Waals surface area contributed by atoms with E-state index in [4.69, 9.17) is 0 Å². The zero-order valence-electron chi connectivity index (χ0n) is 12.8. The summed E-state index contributed by atoms with van der Waals surface area (Å²) in [5.41, 5.74) is -0.0485. The van der Waals surface area contributed by atoms with E-state index in [1.807, 2.05) is 0 Å². The smallest absolute Gasteiger partial charge is 0.271 e. The van der Waals surface area contributed by atoms with Crippen LogP contribution in [-0.2, 0) is 0 Å². The van der Waals surface area contributed by atoms with Crippen molar-refractivity contribution in [3.05, 3.63) is 28.4 Å². The van der Waals surface area contributed by atoms with Crippen LogP contribution in [0, 0.1) is 11.8 Å². The van der Waals surface area contributed by atoms with Crippen LogP contribution in [0.2, 0.25) is 0 Å². The number of hydrogen-bond donors (Lipinski definition) is 2. The monoisotopic (exact) mass is 292 g/mol. The van der Waals surface area contributed by atoms with E-state index in [-0.39, 0.29) is 17.2 Å². The fraction of sp³-hybridized carbons (Fsp3) is 0.667. The van der Waals surface area contributed by atoms with Gasteiger partial charge in [0.05, 0.1) is 6.20 Å². The second-order valence-electron chi connectivity index (χ2n) is 6.17. The van der Waals surface area contributed by atoms with Crippen molar-refractivity contribution in [2.24, 2.45) is 11.8 Å². The van der Waals surface area contributed by atoms with Gasteiger partial charge in [-0.15, -0.1) is 0 Å². The van der Waals surface area contributed by atoms with Gasteiger partial charge in [0.2, 0.25) is 0 Å². The average Bonchev–Trinajstić information content (AvgIpc) is 2.45. The number of amides is 1. The van der Waals surface area contributed by atoms with Crippen LogP contribution in [0.3, 0.4) is 0 Å². The maximum absolute atomic E-state index is 11.9. The van der Waals surface area contributed by atoms with E-state index >= 15 is 0 Å². The van der Waals surface area contributed by atoms with Gasteiger partial charge in [-0.3, -0.25) is 9.59 Å². The molecule has 21 heavy (non-hydrogen) atoms. The lowest BCUT2D eigenvalue weighted by Gasteiger charge is -2.33. The number of likely N-dealkylation sites (tertiary alicyclic amines) is 1. The predicted molar refractivity (Wildman–Crippen MR) is 81.2 cm³/mol. The molecule has 2 N–H and O–H groups in total. The molecule has 0 radical (unpaired) electrons. The van der Waals surface area contributed by atoms with Crippen LogP contribution in [0.4, 0.5) is 0 Å². The van der Waals surface area contributed by atoms with Crippen LogP contribution in [0.5, 0.6) is 0 Å². The number of carbonyl (C=O) groups excluding carboxylic acids is 1. The first-order chi connectivity index (χ1) is 10.0. The van der Waals surface area contributed by atoms with Crippen molar-refractivity contribution in [3.8, 4) is 0 Å². The largest absolute Gasteiger partial charge is 0.350 e. The van der Waals surface area contributed by atoms with Gasteiger partial charge < -0.3 is 15.2 Å². The molecular weight excluding hydrogens is 268 g/mol. The third kappa shape index (κ3) is 4.97. The number of nitrogens with one attached hydrogen (secondary N) is 2. The quantitative estimate of drug-likeness (QED) is 0.844. The van der Waals surface area contributed by atoms with Crippen LogP contribution in [0.1, 0.15) is 37.2 Å². The van der Waals surface area contributed by atoms with E-state index in [0.717, 1.165) is 32.3 Å². The van der Waals surface area contributed by atoms with Crippen LogP contribution < -0.4 is 10.9 Å². The minimum atomic E-state index is -0.303. The van der Waals surface area contributed by atoms with E-state index in [2.05, 4.69) is 34.0 Å². The summed E-state index contributed by atoms with van der Waals surface area (Å²) in [5.74, 6) is 0.931. The minimum Gasteiger partial charge on any atom is -0.350 e. The molecule has 0 aromatic carbocycles. The van der Waals surface area contributed by atoms with Crippen molar-refractivity contribution in [1.29, 1.82) is 0 Å². The summed E-state index contributed by atoms with van der Waals surface area (Å²) in [4.78, 5) is 31.6. The van der Waals surface area contributed by atoms with Crippen molar-refractivity contribution >= 4 is 5.91 Å². The Morgan fingerprint density at radius 2 is 2.38 bits per heavy atom. The Labute approximate surface area is 125 Å². The standard InChI is InChI=1S/C15H24N4O2/c1-11(2)9-19-5-3-4-12(10-19)6-18-15(21)13-7-17-14(20)8-16-13/h7-8,11-12H,3-6,9-10H2,1-2H3,(H,17,20)(H,18,21). The number of aromatic nitrogens is 2. The van der Waals surface area contributed by atoms with Gasteiger partial charge in [0.25, 0.3) is 11.5 Å². The molecule has 1 saturated heterocycles. The molecular formula is C15H24N4O2. The van der Waals surface area contributed by atoms with Gasteiger partial charge in [-0.25, -0.2) is 4.98 Å². The summed E-state index contributed by atoms with van der Waals surface area (Å²) in [5, 5.41) is 2.91. The first-order valence-corrected chi connectivity index (χ1v) is 7.60. The predicted octanol–water partition coefficient (Wildman–Crippen LogP) is 0.868. The van der Waals surface area contributed by atoms with E-state index in [0.29, 0.717) is 18.4 Å². The summed E-state index contributed by atoms with van der Waals surface area (Å²) in [6.07, 6.45) is 4.81. The van der Waals surface area contributed by atoms with Gasteiger partial charge in [0.1, 0.15) is 5.69 Å². The topological polar surface area (TPSA) is 78.1 Å². The Balaban J connectivity index is 1.80. The van der Waals surface area contributed by atoms with Gasteiger partial charge in [-0.2, -0.15) is 0 Å². The van der Waals surface area contributed by atoms with E-state index in [1.165, 1.54) is 12.6 Å². The second-order valence-corrected chi connectivity index (χ2v) is 6.17. The van der Waals surface area contributed by atoms with Gasteiger partial charge in [0.15, 0.2) is 0 Å². The lowest BCUT2D eigenvalue weighted by atomic mass is 9.97. The van der Waals surface area contributed by atoms with Crippen molar-refractivity contribution in [1.82, 2.24) is 20.2 Å². The normalized spacial score (nSPS) is 19.7. The molecule has 1 aliphatic rings. The number of carbonyl (C=O) groups is 1. The number of H-pyrrole nitrogens is 1. The molecule has 1 aromatic heterocycles. The van der Waals surface area contributed by atoms with Gasteiger partial charge >= 0.3 is 0 Å². The molecule has 116 valence electrons. The van der Waals surface area contributed by atoms with E-state index in [1.54, 1.807) is 0 Å². The summed E-state index contributed by atoms with van der Waals surface area (Å²) < 4.78 is 0. The number of rotatable bonds is 5. The summed E-state index contributed by atoms with van der Waals surface area (Å²) in [7, 11) is 0. The molecule has 1 fully saturated rings. The molecule has 0 aliphatic carbocycles. The molecule has 1 unspecified atom stereocenters. The summed E-state index contributed by atoms with van der Waals surface area (Å²) >= 11 is 0. The van der Waals surface area contributed by atoms with Crippen LogP contribution >= 0.6 is 0 Å². The number of nitrogens with zero attached hydrogens (tertiary/aromatic N) is 2. The zero-order chi connectivity index (χ0) is 15.2. The molecule has 6 nitrogen and oxygen atoms in total. The Morgan fingerprint density at radius 1 is 1.57 bits per heavy atom. The second kappa shape index (κ2) is 7.36. The molecule has 6 heteroatoms. The fourth-order valence-corrected chi connectivity index (χ4v) is 2.79. The number of aromatic amines is 1. The van der Waals surface area contributed by atoms with Crippen LogP contribution in [0.15, 0.2) is 17.2 Å². The highest BCUT2D eigenvalue weighted by Crippen LogP contribution is 2.16. The highest BCUT2D eigenvalue weighted by Gasteiger charge is 2.21. The van der Waals surface area contributed by atoms with Crippen LogP contribution in [-0.4, -0.2) is 47.0 Å². The molecule has 2 heterocycles. The maximum Gasteiger partial charge on any atom is 0.271 e. The zero-order valence-corrected chi connectivity index (χ0v) is 12.8.